The third kappa shape index (κ3) is 3.08. The van der Waals surface area contributed by atoms with E-state index >= 15 is 0 Å². The lowest BCUT2D eigenvalue weighted by Crippen LogP contribution is -2.22. The molecule has 1 amide bonds. The van der Waals surface area contributed by atoms with Crippen molar-refractivity contribution in [3.8, 4) is 16.9 Å². The van der Waals surface area contributed by atoms with Crippen molar-refractivity contribution < 1.29 is 4.79 Å². The summed E-state index contributed by atoms with van der Waals surface area (Å²) < 4.78 is 1.76. The first-order chi connectivity index (χ1) is 11.6. The summed E-state index contributed by atoms with van der Waals surface area (Å²) in [5.41, 5.74) is 5.52. The van der Waals surface area contributed by atoms with E-state index in [4.69, 9.17) is 5.10 Å². The zero-order valence-corrected chi connectivity index (χ0v) is 14.2. The molecule has 0 atom stereocenters. The molecular formula is C20H21N3O. The van der Waals surface area contributed by atoms with Crippen LogP contribution in [0.2, 0.25) is 0 Å². The fourth-order valence-corrected chi connectivity index (χ4v) is 2.79. The molecule has 3 rings (SSSR count). The van der Waals surface area contributed by atoms with Gasteiger partial charge >= 0.3 is 0 Å². The highest BCUT2D eigenvalue weighted by atomic mass is 16.1. The minimum absolute atomic E-state index is 0.102. The number of benzene rings is 2. The smallest absolute Gasteiger partial charge is 0.255 e. The van der Waals surface area contributed by atoms with E-state index in [2.05, 4.69) is 18.3 Å². The second-order valence-corrected chi connectivity index (χ2v) is 5.85. The average molecular weight is 319 g/mol. The van der Waals surface area contributed by atoms with Gasteiger partial charge in [0.05, 0.1) is 11.3 Å². The van der Waals surface area contributed by atoms with Gasteiger partial charge in [-0.15, -0.1) is 0 Å². The number of aromatic nitrogens is 2. The lowest BCUT2D eigenvalue weighted by atomic mass is 10.0. The van der Waals surface area contributed by atoms with Crippen molar-refractivity contribution in [3.05, 3.63) is 71.4 Å². The van der Waals surface area contributed by atoms with Gasteiger partial charge in [-0.1, -0.05) is 42.0 Å². The van der Waals surface area contributed by atoms with Crippen molar-refractivity contribution in [1.29, 1.82) is 0 Å². The summed E-state index contributed by atoms with van der Waals surface area (Å²) in [6.45, 7) is 6.60. The molecule has 0 aliphatic heterocycles. The summed E-state index contributed by atoms with van der Waals surface area (Å²) in [4.78, 5) is 12.5. The Kier molecular flexibility index (Phi) is 4.47. The monoisotopic (exact) mass is 319 g/mol. The third-order valence-corrected chi connectivity index (χ3v) is 3.95. The van der Waals surface area contributed by atoms with Gasteiger partial charge in [-0.3, -0.25) is 4.79 Å². The number of aryl methyl sites for hydroxylation is 2. The van der Waals surface area contributed by atoms with E-state index in [0.29, 0.717) is 17.8 Å². The largest absolute Gasteiger partial charge is 0.352 e. The molecule has 2 aromatic carbocycles. The normalized spacial score (nSPS) is 10.6. The van der Waals surface area contributed by atoms with E-state index in [1.54, 1.807) is 10.9 Å². The van der Waals surface area contributed by atoms with Crippen LogP contribution in [0.1, 0.15) is 28.4 Å². The molecule has 0 unspecified atom stereocenters. The van der Waals surface area contributed by atoms with Crippen LogP contribution in [-0.2, 0) is 0 Å². The summed E-state index contributed by atoms with van der Waals surface area (Å²) in [6, 6.07) is 16.0. The number of rotatable bonds is 4. The lowest BCUT2D eigenvalue weighted by Gasteiger charge is -2.07. The Morgan fingerprint density at radius 2 is 1.88 bits per heavy atom. The molecule has 0 saturated carbocycles. The van der Waals surface area contributed by atoms with Crippen molar-refractivity contribution in [2.24, 2.45) is 0 Å². The molecule has 122 valence electrons. The van der Waals surface area contributed by atoms with Gasteiger partial charge in [-0.05, 0) is 38.5 Å². The van der Waals surface area contributed by atoms with Gasteiger partial charge in [0.15, 0.2) is 0 Å². The van der Waals surface area contributed by atoms with Crippen molar-refractivity contribution in [1.82, 2.24) is 15.1 Å². The maximum absolute atomic E-state index is 12.5. The summed E-state index contributed by atoms with van der Waals surface area (Å²) >= 11 is 0. The van der Waals surface area contributed by atoms with Crippen molar-refractivity contribution in [2.75, 3.05) is 6.54 Å². The first kappa shape index (κ1) is 16.0. The van der Waals surface area contributed by atoms with Crippen LogP contribution in [0.4, 0.5) is 0 Å². The summed E-state index contributed by atoms with van der Waals surface area (Å²) in [5.74, 6) is -0.102. The van der Waals surface area contributed by atoms with Gasteiger partial charge in [0.2, 0.25) is 0 Å². The molecule has 0 aliphatic rings. The van der Waals surface area contributed by atoms with Crippen LogP contribution in [-0.4, -0.2) is 22.2 Å². The maximum atomic E-state index is 12.5. The van der Waals surface area contributed by atoms with E-state index in [1.165, 1.54) is 5.56 Å². The molecule has 0 saturated heterocycles. The number of carbonyl (C=O) groups excluding carboxylic acids is 1. The van der Waals surface area contributed by atoms with Gasteiger partial charge in [0.1, 0.15) is 5.69 Å². The molecule has 0 aliphatic carbocycles. The summed E-state index contributed by atoms with van der Waals surface area (Å²) in [7, 11) is 0. The minimum Gasteiger partial charge on any atom is -0.352 e. The number of hydrogen-bond acceptors (Lipinski definition) is 2. The van der Waals surface area contributed by atoms with Crippen molar-refractivity contribution in [3.63, 3.8) is 0 Å². The van der Waals surface area contributed by atoms with E-state index in [0.717, 1.165) is 16.8 Å². The van der Waals surface area contributed by atoms with E-state index in [1.807, 2.05) is 56.3 Å². The molecule has 1 aromatic heterocycles. The Labute approximate surface area is 142 Å². The van der Waals surface area contributed by atoms with Gasteiger partial charge < -0.3 is 5.32 Å². The number of nitrogens with one attached hydrogen (secondary N) is 1. The predicted octanol–water partition coefficient (Wildman–Crippen LogP) is 3.91. The number of para-hydroxylation sites is 1. The quantitative estimate of drug-likeness (QED) is 0.792. The van der Waals surface area contributed by atoms with E-state index in [-0.39, 0.29) is 5.91 Å². The fraction of sp³-hybridized carbons (Fsp3) is 0.200. The lowest BCUT2D eigenvalue weighted by molar-refractivity contribution is 0.0956. The number of carbonyl (C=O) groups is 1. The van der Waals surface area contributed by atoms with Crippen LogP contribution in [0.3, 0.4) is 0 Å². The highest BCUT2D eigenvalue weighted by Gasteiger charge is 2.19. The maximum Gasteiger partial charge on any atom is 0.255 e. The Bertz CT molecular complexity index is 866. The molecule has 3 aromatic rings. The topological polar surface area (TPSA) is 46.9 Å². The molecule has 4 nitrogen and oxygen atoms in total. The molecule has 1 heterocycles. The molecule has 1 N–H and O–H groups in total. The summed E-state index contributed by atoms with van der Waals surface area (Å²) in [5, 5.41) is 7.58. The zero-order valence-electron chi connectivity index (χ0n) is 14.2. The molecule has 4 heteroatoms. The standard InChI is InChI=1S/C20H21N3O/c1-4-21-20(24)18-13-23(16-8-6-5-7-9-16)22-19(18)17-11-10-14(2)12-15(17)3/h5-13H,4H2,1-3H3,(H,21,24). The third-order valence-electron chi connectivity index (χ3n) is 3.95. The molecule has 24 heavy (non-hydrogen) atoms. The van der Waals surface area contributed by atoms with E-state index in [9.17, 15) is 4.79 Å². The Morgan fingerprint density at radius 1 is 1.12 bits per heavy atom. The van der Waals surface area contributed by atoms with Crippen LogP contribution < -0.4 is 5.32 Å². The molecule has 0 fully saturated rings. The van der Waals surface area contributed by atoms with Gasteiger partial charge in [-0.2, -0.15) is 5.10 Å². The minimum atomic E-state index is -0.102. The zero-order chi connectivity index (χ0) is 17.1. The first-order valence-corrected chi connectivity index (χ1v) is 8.11. The van der Waals surface area contributed by atoms with Crippen molar-refractivity contribution in [2.45, 2.75) is 20.8 Å². The molecule has 0 radical (unpaired) electrons. The average Bonchev–Trinajstić information content (AvgIpc) is 3.01. The highest BCUT2D eigenvalue weighted by Crippen LogP contribution is 2.27. The van der Waals surface area contributed by atoms with Gasteiger partial charge in [-0.25, -0.2) is 4.68 Å². The van der Waals surface area contributed by atoms with Crippen LogP contribution >= 0.6 is 0 Å². The Morgan fingerprint density at radius 3 is 2.54 bits per heavy atom. The first-order valence-electron chi connectivity index (χ1n) is 8.11. The summed E-state index contributed by atoms with van der Waals surface area (Å²) in [6.07, 6.45) is 1.80. The second-order valence-electron chi connectivity index (χ2n) is 5.85. The molecule has 0 bridgehead atoms. The fourth-order valence-electron chi connectivity index (χ4n) is 2.79. The van der Waals surface area contributed by atoms with Crippen LogP contribution in [0.5, 0.6) is 0 Å². The van der Waals surface area contributed by atoms with Gasteiger partial charge in [0, 0.05) is 18.3 Å². The number of hydrogen-bond donors (Lipinski definition) is 1. The predicted molar refractivity (Wildman–Crippen MR) is 96.5 cm³/mol. The Balaban J connectivity index is 2.16. The van der Waals surface area contributed by atoms with Gasteiger partial charge in [0.25, 0.3) is 5.91 Å². The number of amides is 1. The highest BCUT2D eigenvalue weighted by molar-refractivity contribution is 6.00. The molecule has 0 spiro atoms. The van der Waals surface area contributed by atoms with E-state index < -0.39 is 0 Å². The number of nitrogens with zero attached hydrogens (tertiary/aromatic N) is 2. The van der Waals surface area contributed by atoms with Crippen LogP contribution in [0, 0.1) is 13.8 Å². The second kappa shape index (κ2) is 6.71. The Hall–Kier alpha value is -2.88. The SMILES string of the molecule is CCNC(=O)c1cn(-c2ccccc2)nc1-c1ccc(C)cc1C. The van der Waals surface area contributed by atoms with Crippen LogP contribution in [0.25, 0.3) is 16.9 Å². The molecular weight excluding hydrogens is 298 g/mol. The van der Waals surface area contributed by atoms with Crippen molar-refractivity contribution >= 4 is 5.91 Å². The van der Waals surface area contributed by atoms with Crippen LogP contribution in [0.15, 0.2) is 54.7 Å².